The van der Waals surface area contributed by atoms with Gasteiger partial charge in [-0.25, -0.2) is 4.68 Å². The molecule has 1 atom stereocenters. The number of rotatable bonds is 6. The van der Waals surface area contributed by atoms with E-state index in [0.717, 1.165) is 12.0 Å². The first-order valence-electron chi connectivity index (χ1n) is 7.11. The van der Waals surface area contributed by atoms with Gasteiger partial charge in [0.05, 0.1) is 11.0 Å². The van der Waals surface area contributed by atoms with Crippen LogP contribution in [0.15, 0.2) is 30.3 Å². The standard InChI is InChI=1S/C15H20N4O2/c1-4-13(12-9-7-6-8-10-12)16-15-14(19(20)21)11(3)17-18(15)5-2/h6-10,13,16H,4-5H2,1-3H3. The summed E-state index contributed by atoms with van der Waals surface area (Å²) in [5, 5.41) is 18.8. The fourth-order valence-electron chi connectivity index (χ4n) is 2.43. The van der Waals surface area contributed by atoms with Crippen molar-refractivity contribution in [2.24, 2.45) is 0 Å². The molecule has 21 heavy (non-hydrogen) atoms. The number of hydrogen-bond donors (Lipinski definition) is 1. The van der Waals surface area contributed by atoms with Crippen molar-refractivity contribution in [1.82, 2.24) is 9.78 Å². The molecule has 112 valence electrons. The topological polar surface area (TPSA) is 73.0 Å². The van der Waals surface area contributed by atoms with Gasteiger partial charge in [0.1, 0.15) is 5.69 Å². The molecule has 0 bridgehead atoms. The maximum absolute atomic E-state index is 11.3. The molecule has 0 radical (unpaired) electrons. The largest absolute Gasteiger partial charge is 0.358 e. The van der Waals surface area contributed by atoms with Crippen molar-refractivity contribution < 1.29 is 4.92 Å². The van der Waals surface area contributed by atoms with Crippen LogP contribution in [0.4, 0.5) is 11.5 Å². The second kappa shape index (κ2) is 6.39. The average molecular weight is 288 g/mol. The van der Waals surface area contributed by atoms with E-state index in [2.05, 4.69) is 17.3 Å². The van der Waals surface area contributed by atoms with E-state index in [1.54, 1.807) is 11.6 Å². The zero-order chi connectivity index (χ0) is 15.4. The molecule has 2 aromatic rings. The molecule has 0 aliphatic carbocycles. The predicted octanol–water partition coefficient (Wildman–Crippen LogP) is 3.68. The lowest BCUT2D eigenvalue weighted by molar-refractivity contribution is -0.384. The summed E-state index contributed by atoms with van der Waals surface area (Å²) in [7, 11) is 0. The summed E-state index contributed by atoms with van der Waals surface area (Å²) in [6, 6.07) is 9.96. The molecule has 1 unspecified atom stereocenters. The maximum atomic E-state index is 11.3. The van der Waals surface area contributed by atoms with Crippen LogP contribution in [0.3, 0.4) is 0 Å². The van der Waals surface area contributed by atoms with Crippen LogP contribution in [0.25, 0.3) is 0 Å². The zero-order valence-corrected chi connectivity index (χ0v) is 12.5. The van der Waals surface area contributed by atoms with Gasteiger partial charge in [-0.2, -0.15) is 5.10 Å². The summed E-state index contributed by atoms with van der Waals surface area (Å²) in [6.07, 6.45) is 0.828. The smallest absolute Gasteiger partial charge is 0.333 e. The molecule has 0 fully saturated rings. The molecule has 0 aliphatic rings. The van der Waals surface area contributed by atoms with Crippen LogP contribution in [0, 0.1) is 17.0 Å². The molecule has 1 aromatic carbocycles. The molecule has 0 amide bonds. The Labute approximate surface area is 123 Å². The van der Waals surface area contributed by atoms with Gasteiger partial charge in [0.25, 0.3) is 0 Å². The number of aromatic nitrogens is 2. The van der Waals surface area contributed by atoms with Gasteiger partial charge in [0, 0.05) is 6.54 Å². The number of aryl methyl sites for hydroxylation is 2. The van der Waals surface area contributed by atoms with E-state index in [-0.39, 0.29) is 16.7 Å². The van der Waals surface area contributed by atoms with Gasteiger partial charge in [0.15, 0.2) is 0 Å². The van der Waals surface area contributed by atoms with Gasteiger partial charge in [0.2, 0.25) is 5.82 Å². The molecule has 1 heterocycles. The summed E-state index contributed by atoms with van der Waals surface area (Å²) >= 11 is 0. The van der Waals surface area contributed by atoms with Gasteiger partial charge >= 0.3 is 5.69 Å². The summed E-state index contributed by atoms with van der Waals surface area (Å²) in [5.41, 5.74) is 1.61. The minimum atomic E-state index is -0.367. The highest BCUT2D eigenvalue weighted by Gasteiger charge is 2.26. The lowest BCUT2D eigenvalue weighted by Crippen LogP contribution is -2.14. The van der Waals surface area contributed by atoms with E-state index in [1.807, 2.05) is 37.3 Å². The third-order valence-electron chi connectivity index (χ3n) is 3.50. The Morgan fingerprint density at radius 2 is 2.00 bits per heavy atom. The number of benzene rings is 1. The summed E-state index contributed by atoms with van der Waals surface area (Å²) in [4.78, 5) is 10.9. The Kier molecular flexibility index (Phi) is 4.57. The van der Waals surface area contributed by atoms with Crippen LogP contribution in [0.1, 0.15) is 37.6 Å². The van der Waals surface area contributed by atoms with Crippen LogP contribution in [-0.4, -0.2) is 14.7 Å². The monoisotopic (exact) mass is 288 g/mol. The molecular formula is C15H20N4O2. The summed E-state index contributed by atoms with van der Waals surface area (Å²) < 4.78 is 1.65. The maximum Gasteiger partial charge on any atom is 0.333 e. The number of hydrogen-bond acceptors (Lipinski definition) is 4. The molecule has 6 heteroatoms. The van der Waals surface area contributed by atoms with Gasteiger partial charge in [-0.1, -0.05) is 37.3 Å². The number of anilines is 1. The molecule has 0 saturated carbocycles. The van der Waals surface area contributed by atoms with Crippen molar-refractivity contribution in [2.45, 2.75) is 39.8 Å². The summed E-state index contributed by atoms with van der Waals surface area (Å²) in [6.45, 7) is 6.22. The second-order valence-corrected chi connectivity index (χ2v) is 4.87. The fourth-order valence-corrected chi connectivity index (χ4v) is 2.43. The van der Waals surface area contributed by atoms with Crippen LogP contribution in [0.2, 0.25) is 0 Å². The predicted molar refractivity (Wildman–Crippen MR) is 82.4 cm³/mol. The third-order valence-corrected chi connectivity index (χ3v) is 3.50. The minimum absolute atomic E-state index is 0.0197. The molecule has 0 spiro atoms. The van der Waals surface area contributed by atoms with E-state index in [4.69, 9.17) is 0 Å². The first-order valence-corrected chi connectivity index (χ1v) is 7.11. The van der Waals surface area contributed by atoms with Crippen molar-refractivity contribution in [3.63, 3.8) is 0 Å². The Bertz CT molecular complexity index is 622. The molecule has 1 N–H and O–H groups in total. The second-order valence-electron chi connectivity index (χ2n) is 4.87. The Hall–Kier alpha value is -2.37. The van der Waals surface area contributed by atoms with Gasteiger partial charge in [-0.15, -0.1) is 0 Å². The number of nitro groups is 1. The van der Waals surface area contributed by atoms with E-state index < -0.39 is 0 Å². The fraction of sp³-hybridized carbons (Fsp3) is 0.400. The highest BCUT2D eigenvalue weighted by Crippen LogP contribution is 2.32. The lowest BCUT2D eigenvalue weighted by atomic mass is 10.0. The van der Waals surface area contributed by atoms with Crippen molar-refractivity contribution in [3.05, 3.63) is 51.7 Å². The first-order chi connectivity index (χ1) is 10.1. The number of nitrogens with zero attached hydrogens (tertiary/aromatic N) is 3. The van der Waals surface area contributed by atoms with Crippen LogP contribution in [0.5, 0.6) is 0 Å². The van der Waals surface area contributed by atoms with Gasteiger partial charge < -0.3 is 5.32 Å². The molecule has 1 aromatic heterocycles. The lowest BCUT2D eigenvalue weighted by Gasteiger charge is -2.18. The Morgan fingerprint density at radius 1 is 1.33 bits per heavy atom. The highest BCUT2D eigenvalue weighted by molar-refractivity contribution is 5.60. The molecule has 0 saturated heterocycles. The Balaban J connectivity index is 2.39. The van der Waals surface area contributed by atoms with Gasteiger partial charge in [-0.05, 0) is 25.8 Å². The highest BCUT2D eigenvalue weighted by atomic mass is 16.6. The van der Waals surface area contributed by atoms with Gasteiger partial charge in [-0.3, -0.25) is 10.1 Å². The molecule has 2 rings (SSSR count). The van der Waals surface area contributed by atoms with Crippen LogP contribution in [-0.2, 0) is 6.54 Å². The van der Waals surface area contributed by atoms with E-state index >= 15 is 0 Å². The van der Waals surface area contributed by atoms with E-state index in [9.17, 15) is 10.1 Å². The SMILES string of the molecule is CCC(Nc1c([N+](=O)[O-])c(C)nn1CC)c1ccccc1. The quantitative estimate of drug-likeness (QED) is 0.650. The van der Waals surface area contributed by atoms with Crippen molar-refractivity contribution in [3.8, 4) is 0 Å². The first kappa shape index (κ1) is 15.0. The van der Waals surface area contributed by atoms with Crippen LogP contribution < -0.4 is 5.32 Å². The number of nitrogens with one attached hydrogen (secondary N) is 1. The normalized spacial score (nSPS) is 12.1. The van der Waals surface area contributed by atoms with Crippen molar-refractivity contribution in [1.29, 1.82) is 0 Å². The van der Waals surface area contributed by atoms with E-state index in [0.29, 0.717) is 18.1 Å². The summed E-state index contributed by atoms with van der Waals surface area (Å²) in [5.74, 6) is 0.482. The minimum Gasteiger partial charge on any atom is -0.358 e. The average Bonchev–Trinajstić information content (AvgIpc) is 2.81. The van der Waals surface area contributed by atoms with Crippen molar-refractivity contribution in [2.75, 3.05) is 5.32 Å². The zero-order valence-electron chi connectivity index (χ0n) is 12.5. The van der Waals surface area contributed by atoms with Crippen molar-refractivity contribution >= 4 is 11.5 Å². The van der Waals surface area contributed by atoms with Crippen LogP contribution >= 0.6 is 0 Å². The Morgan fingerprint density at radius 3 is 2.52 bits per heavy atom. The molecular weight excluding hydrogens is 268 g/mol. The van der Waals surface area contributed by atoms with E-state index in [1.165, 1.54) is 0 Å². The molecule has 0 aliphatic heterocycles. The molecule has 6 nitrogen and oxygen atoms in total. The third kappa shape index (κ3) is 3.04.